The van der Waals surface area contributed by atoms with E-state index in [1.165, 1.54) is 4.90 Å². The number of aliphatic carboxylic acids is 2. The molecule has 0 amide bonds. The largest absolute Gasteiger partial charge is 0.490 e. The highest BCUT2D eigenvalue weighted by Gasteiger charge is 2.39. The van der Waals surface area contributed by atoms with E-state index >= 15 is 0 Å². The summed E-state index contributed by atoms with van der Waals surface area (Å²) in [5.74, 6) is -3.66. The maximum absolute atomic E-state index is 10.9. The van der Waals surface area contributed by atoms with Crippen molar-refractivity contribution in [1.82, 2.24) is 4.90 Å². The van der Waals surface area contributed by atoms with Crippen LogP contribution in [0.2, 0.25) is 0 Å². The van der Waals surface area contributed by atoms with Gasteiger partial charge >= 0.3 is 18.1 Å². The van der Waals surface area contributed by atoms with Crippen molar-refractivity contribution in [2.24, 2.45) is 5.41 Å². The van der Waals surface area contributed by atoms with Crippen LogP contribution in [0.3, 0.4) is 0 Å². The van der Waals surface area contributed by atoms with Gasteiger partial charge in [0, 0.05) is 6.04 Å². The number of carbonyl (C=O) groups is 2. The summed E-state index contributed by atoms with van der Waals surface area (Å²) in [6.07, 6.45) is 0.878. The Hall–Kier alpha value is -2.24. The van der Waals surface area contributed by atoms with Crippen LogP contribution >= 0.6 is 0 Å². The first-order chi connectivity index (χ1) is 10.4. The van der Waals surface area contributed by atoms with Gasteiger partial charge in [-0.2, -0.15) is 18.4 Å². The molecule has 1 aliphatic heterocycles. The van der Waals surface area contributed by atoms with Gasteiger partial charge in [0.15, 0.2) is 6.19 Å². The molecule has 1 fully saturated rings. The second-order valence-electron chi connectivity index (χ2n) is 5.79. The van der Waals surface area contributed by atoms with E-state index in [2.05, 4.69) is 6.58 Å². The predicted molar refractivity (Wildman–Crippen MR) is 74.2 cm³/mol. The molecule has 1 rings (SSSR count). The van der Waals surface area contributed by atoms with Crippen LogP contribution in [0.4, 0.5) is 13.2 Å². The quantitative estimate of drug-likeness (QED) is 0.604. The zero-order valence-corrected chi connectivity index (χ0v) is 12.8. The molecule has 1 aliphatic rings. The summed E-state index contributed by atoms with van der Waals surface area (Å²) in [4.78, 5) is 21.3. The van der Waals surface area contributed by atoms with Crippen molar-refractivity contribution in [3.63, 3.8) is 0 Å². The summed E-state index contributed by atoms with van der Waals surface area (Å²) in [7, 11) is 0. The Bertz CT molecular complexity index is 497. The molecular formula is C14H19F3N2O4. The fourth-order valence-electron chi connectivity index (χ4n) is 2.17. The molecule has 23 heavy (non-hydrogen) atoms. The molecule has 130 valence electrons. The maximum atomic E-state index is 10.9. The van der Waals surface area contributed by atoms with Crippen molar-refractivity contribution in [3.05, 3.63) is 12.7 Å². The molecule has 1 saturated heterocycles. The second-order valence-corrected chi connectivity index (χ2v) is 5.79. The SMILES string of the molecule is C=CC(C)(C)CC1CCC(C(=O)O)N1C#N.O=C(O)C(F)(F)F. The fraction of sp³-hybridized carbons (Fsp3) is 0.643. The fourth-order valence-corrected chi connectivity index (χ4v) is 2.17. The average molecular weight is 336 g/mol. The summed E-state index contributed by atoms with van der Waals surface area (Å²) in [5.41, 5.74) is -0.0623. The molecule has 6 nitrogen and oxygen atoms in total. The van der Waals surface area contributed by atoms with Gasteiger partial charge in [-0.05, 0) is 24.7 Å². The van der Waals surface area contributed by atoms with Crippen LogP contribution in [0, 0.1) is 16.9 Å². The first kappa shape index (κ1) is 20.8. The number of hydrogen-bond donors (Lipinski definition) is 2. The van der Waals surface area contributed by atoms with Gasteiger partial charge in [0.25, 0.3) is 0 Å². The van der Waals surface area contributed by atoms with Gasteiger partial charge in [0.2, 0.25) is 0 Å². The van der Waals surface area contributed by atoms with Crippen LogP contribution in [0.15, 0.2) is 12.7 Å². The standard InChI is InChI=1S/C12H18N2O2.C2HF3O2/c1-4-12(2,3)7-9-5-6-10(11(15)16)14(9)8-13;3-2(4,5)1(6)7/h4,9-10H,1,5-7H2,2-3H3,(H,15,16);(H,6,7). The molecule has 0 bridgehead atoms. The van der Waals surface area contributed by atoms with Crippen molar-refractivity contribution in [3.8, 4) is 6.19 Å². The normalized spacial score (nSPS) is 21.0. The van der Waals surface area contributed by atoms with Gasteiger partial charge in [0.1, 0.15) is 6.04 Å². The minimum Gasteiger partial charge on any atom is -0.480 e. The van der Waals surface area contributed by atoms with E-state index in [4.69, 9.17) is 20.3 Å². The Morgan fingerprint density at radius 1 is 1.35 bits per heavy atom. The van der Waals surface area contributed by atoms with E-state index in [1.54, 1.807) is 0 Å². The van der Waals surface area contributed by atoms with Crippen LogP contribution in [-0.2, 0) is 9.59 Å². The first-order valence-electron chi connectivity index (χ1n) is 6.70. The zero-order chi connectivity index (χ0) is 18.4. The van der Waals surface area contributed by atoms with Crippen molar-refractivity contribution in [2.75, 3.05) is 0 Å². The smallest absolute Gasteiger partial charge is 0.480 e. The Labute approximate surface area is 131 Å². The molecule has 0 aromatic carbocycles. The number of alkyl halides is 3. The number of rotatable bonds is 4. The number of nitriles is 1. The van der Waals surface area contributed by atoms with Gasteiger partial charge in [-0.3, -0.25) is 4.90 Å². The molecular weight excluding hydrogens is 317 g/mol. The van der Waals surface area contributed by atoms with Crippen molar-refractivity contribution < 1.29 is 33.0 Å². The predicted octanol–water partition coefficient (Wildman–Crippen LogP) is 2.62. The molecule has 1 heterocycles. The highest BCUT2D eigenvalue weighted by molar-refractivity contribution is 5.74. The third-order valence-corrected chi connectivity index (χ3v) is 3.46. The Morgan fingerprint density at radius 3 is 2.13 bits per heavy atom. The summed E-state index contributed by atoms with van der Waals surface area (Å²) >= 11 is 0. The van der Waals surface area contributed by atoms with Gasteiger partial charge in [-0.15, -0.1) is 6.58 Å². The van der Waals surface area contributed by atoms with E-state index in [0.29, 0.717) is 6.42 Å². The Morgan fingerprint density at radius 2 is 1.83 bits per heavy atom. The molecule has 0 saturated carbocycles. The number of likely N-dealkylation sites (tertiary alicyclic amines) is 1. The Kier molecular flexibility index (Phi) is 7.09. The second kappa shape index (κ2) is 7.85. The molecule has 0 radical (unpaired) electrons. The summed E-state index contributed by atoms with van der Waals surface area (Å²) in [5, 5.41) is 25.1. The summed E-state index contributed by atoms with van der Waals surface area (Å²) < 4.78 is 31.7. The molecule has 0 aromatic heterocycles. The number of allylic oxidation sites excluding steroid dienone is 1. The highest BCUT2D eigenvalue weighted by atomic mass is 19.4. The van der Waals surface area contributed by atoms with Crippen LogP contribution < -0.4 is 0 Å². The monoisotopic (exact) mass is 336 g/mol. The van der Waals surface area contributed by atoms with Crippen LogP contribution in [0.1, 0.15) is 33.1 Å². The van der Waals surface area contributed by atoms with Crippen molar-refractivity contribution in [1.29, 1.82) is 5.26 Å². The highest BCUT2D eigenvalue weighted by Crippen LogP contribution is 2.33. The number of nitrogens with zero attached hydrogens (tertiary/aromatic N) is 2. The van der Waals surface area contributed by atoms with Crippen molar-refractivity contribution >= 4 is 11.9 Å². The molecule has 9 heteroatoms. The van der Waals surface area contributed by atoms with Gasteiger partial charge in [-0.1, -0.05) is 19.9 Å². The molecule has 2 N–H and O–H groups in total. The molecule has 2 atom stereocenters. The van der Waals surface area contributed by atoms with Gasteiger partial charge in [-0.25, -0.2) is 9.59 Å². The maximum Gasteiger partial charge on any atom is 0.490 e. The Balaban J connectivity index is 0.000000585. The lowest BCUT2D eigenvalue weighted by Gasteiger charge is -2.28. The lowest BCUT2D eigenvalue weighted by atomic mass is 9.85. The average Bonchev–Trinajstić information content (AvgIpc) is 2.80. The van der Waals surface area contributed by atoms with Crippen LogP contribution in [0.25, 0.3) is 0 Å². The number of hydrogen-bond acceptors (Lipinski definition) is 4. The first-order valence-corrected chi connectivity index (χ1v) is 6.70. The van der Waals surface area contributed by atoms with E-state index in [9.17, 15) is 18.0 Å². The third kappa shape index (κ3) is 6.59. The van der Waals surface area contributed by atoms with Gasteiger partial charge in [0.05, 0.1) is 0 Å². The molecule has 0 aliphatic carbocycles. The zero-order valence-electron chi connectivity index (χ0n) is 12.8. The number of halogens is 3. The van der Waals surface area contributed by atoms with E-state index in [1.807, 2.05) is 26.1 Å². The summed E-state index contributed by atoms with van der Waals surface area (Å²) in [6, 6.07) is -0.616. The van der Waals surface area contributed by atoms with Crippen LogP contribution in [-0.4, -0.2) is 45.3 Å². The van der Waals surface area contributed by atoms with E-state index in [-0.39, 0.29) is 11.5 Å². The van der Waals surface area contributed by atoms with Crippen LogP contribution in [0.5, 0.6) is 0 Å². The molecule has 0 aromatic rings. The molecule has 0 spiro atoms. The van der Waals surface area contributed by atoms with E-state index < -0.39 is 24.2 Å². The minimum absolute atomic E-state index is 0.0269. The number of carboxylic acids is 2. The van der Waals surface area contributed by atoms with Gasteiger partial charge < -0.3 is 10.2 Å². The number of carboxylic acid groups (broad SMARTS) is 2. The molecule has 2 unspecified atom stereocenters. The lowest BCUT2D eigenvalue weighted by Crippen LogP contribution is -2.38. The third-order valence-electron chi connectivity index (χ3n) is 3.46. The van der Waals surface area contributed by atoms with E-state index in [0.717, 1.165) is 12.8 Å². The summed E-state index contributed by atoms with van der Waals surface area (Å²) in [6.45, 7) is 7.85. The minimum atomic E-state index is -5.08. The van der Waals surface area contributed by atoms with Crippen molar-refractivity contribution in [2.45, 2.75) is 51.4 Å². The lowest BCUT2D eigenvalue weighted by molar-refractivity contribution is -0.192. The topological polar surface area (TPSA) is 102 Å².